The molecule has 100 valence electrons. The molecule has 3 heteroatoms. The zero-order chi connectivity index (χ0) is 13.8. The summed E-state index contributed by atoms with van der Waals surface area (Å²) in [6.07, 6.45) is 1.10. The third kappa shape index (κ3) is 3.76. The Kier molecular flexibility index (Phi) is 4.76. The van der Waals surface area contributed by atoms with Gasteiger partial charge in [-0.25, -0.2) is 0 Å². The summed E-state index contributed by atoms with van der Waals surface area (Å²) in [5.41, 5.74) is 0.414. The summed E-state index contributed by atoms with van der Waals surface area (Å²) < 4.78 is 5.52. The Bertz CT molecular complexity index is 393. The Labute approximate surface area is 109 Å². The molecule has 1 rings (SSSR count). The molecule has 1 aromatic carbocycles. The second-order valence-electron chi connectivity index (χ2n) is 5.36. The standard InChI is InChI=1S/C15H22O3/c1-5-11(2)12-6-8-13(9-7-12)18-10-15(3,4)14(16)17/h6-9,11H,5,10H2,1-4H3,(H,16,17). The van der Waals surface area contributed by atoms with E-state index in [0.717, 1.165) is 12.2 Å². The minimum Gasteiger partial charge on any atom is -0.492 e. The predicted octanol–water partition coefficient (Wildman–Crippen LogP) is 3.69. The first-order valence-corrected chi connectivity index (χ1v) is 6.33. The Morgan fingerprint density at radius 3 is 2.33 bits per heavy atom. The quantitative estimate of drug-likeness (QED) is 0.837. The van der Waals surface area contributed by atoms with Crippen LogP contribution in [0.2, 0.25) is 0 Å². The minimum absolute atomic E-state index is 0.172. The lowest BCUT2D eigenvalue weighted by molar-refractivity contribution is -0.148. The molecule has 0 saturated heterocycles. The molecule has 1 unspecified atom stereocenters. The van der Waals surface area contributed by atoms with Gasteiger partial charge in [-0.1, -0.05) is 26.0 Å². The highest BCUT2D eigenvalue weighted by Crippen LogP contribution is 2.23. The fourth-order valence-electron chi connectivity index (χ4n) is 1.45. The molecule has 18 heavy (non-hydrogen) atoms. The van der Waals surface area contributed by atoms with E-state index in [4.69, 9.17) is 9.84 Å². The lowest BCUT2D eigenvalue weighted by Crippen LogP contribution is -2.30. The van der Waals surface area contributed by atoms with E-state index in [-0.39, 0.29) is 6.61 Å². The highest BCUT2D eigenvalue weighted by molar-refractivity contribution is 5.73. The highest BCUT2D eigenvalue weighted by Gasteiger charge is 2.28. The SMILES string of the molecule is CCC(C)c1ccc(OCC(C)(C)C(=O)O)cc1. The number of benzene rings is 1. The van der Waals surface area contributed by atoms with E-state index in [1.807, 2.05) is 24.3 Å². The fourth-order valence-corrected chi connectivity index (χ4v) is 1.45. The van der Waals surface area contributed by atoms with Crippen molar-refractivity contribution >= 4 is 5.97 Å². The molecule has 0 bridgehead atoms. The molecule has 0 heterocycles. The van der Waals surface area contributed by atoms with Crippen LogP contribution in [0.3, 0.4) is 0 Å². The summed E-state index contributed by atoms with van der Waals surface area (Å²) >= 11 is 0. The van der Waals surface area contributed by atoms with Crippen molar-refractivity contribution in [1.82, 2.24) is 0 Å². The molecule has 0 aliphatic heterocycles. The molecule has 1 N–H and O–H groups in total. The fraction of sp³-hybridized carbons (Fsp3) is 0.533. The number of ether oxygens (including phenoxy) is 1. The molecule has 0 fully saturated rings. The van der Waals surface area contributed by atoms with Crippen LogP contribution < -0.4 is 4.74 Å². The monoisotopic (exact) mass is 250 g/mol. The molecular weight excluding hydrogens is 228 g/mol. The van der Waals surface area contributed by atoms with Crippen molar-refractivity contribution in [2.75, 3.05) is 6.61 Å². The maximum absolute atomic E-state index is 10.9. The first-order valence-electron chi connectivity index (χ1n) is 6.33. The van der Waals surface area contributed by atoms with Gasteiger partial charge in [-0.15, -0.1) is 0 Å². The zero-order valence-electron chi connectivity index (χ0n) is 11.6. The number of hydrogen-bond acceptors (Lipinski definition) is 2. The third-order valence-corrected chi connectivity index (χ3v) is 3.24. The van der Waals surface area contributed by atoms with Crippen LogP contribution in [0, 0.1) is 5.41 Å². The van der Waals surface area contributed by atoms with Crippen molar-refractivity contribution in [2.45, 2.75) is 40.0 Å². The van der Waals surface area contributed by atoms with E-state index in [0.29, 0.717) is 5.92 Å². The Balaban J connectivity index is 2.62. The first-order chi connectivity index (χ1) is 8.36. The number of aliphatic carboxylic acids is 1. The molecule has 0 aromatic heterocycles. The normalized spacial score (nSPS) is 13.1. The molecular formula is C15H22O3. The molecule has 0 saturated carbocycles. The molecule has 0 aliphatic rings. The van der Waals surface area contributed by atoms with E-state index < -0.39 is 11.4 Å². The van der Waals surface area contributed by atoms with Crippen LogP contribution in [0.4, 0.5) is 0 Å². The summed E-state index contributed by atoms with van der Waals surface area (Å²) in [5, 5.41) is 8.99. The number of carboxylic acid groups (broad SMARTS) is 1. The Hall–Kier alpha value is -1.51. The van der Waals surface area contributed by atoms with Crippen molar-refractivity contribution < 1.29 is 14.6 Å². The van der Waals surface area contributed by atoms with E-state index in [2.05, 4.69) is 13.8 Å². The van der Waals surface area contributed by atoms with Gasteiger partial charge in [-0.3, -0.25) is 4.79 Å². The van der Waals surface area contributed by atoms with E-state index in [1.54, 1.807) is 13.8 Å². The average molecular weight is 250 g/mol. The second kappa shape index (κ2) is 5.89. The van der Waals surface area contributed by atoms with Crippen LogP contribution in [0.25, 0.3) is 0 Å². The largest absolute Gasteiger partial charge is 0.492 e. The molecule has 3 nitrogen and oxygen atoms in total. The number of carbonyl (C=O) groups is 1. The summed E-state index contributed by atoms with van der Waals surface area (Å²) in [6, 6.07) is 7.88. The van der Waals surface area contributed by atoms with Crippen molar-refractivity contribution in [1.29, 1.82) is 0 Å². The lowest BCUT2D eigenvalue weighted by Gasteiger charge is -2.19. The van der Waals surface area contributed by atoms with E-state index >= 15 is 0 Å². The molecule has 0 amide bonds. The average Bonchev–Trinajstić information content (AvgIpc) is 2.36. The maximum atomic E-state index is 10.9. The van der Waals surface area contributed by atoms with Gasteiger partial charge in [0, 0.05) is 0 Å². The molecule has 1 atom stereocenters. The Morgan fingerprint density at radius 1 is 1.33 bits per heavy atom. The van der Waals surface area contributed by atoms with Gasteiger partial charge in [0.1, 0.15) is 12.4 Å². The van der Waals surface area contributed by atoms with Gasteiger partial charge in [0.15, 0.2) is 0 Å². The van der Waals surface area contributed by atoms with Gasteiger partial charge in [-0.2, -0.15) is 0 Å². The minimum atomic E-state index is -0.866. The van der Waals surface area contributed by atoms with Gasteiger partial charge in [0.25, 0.3) is 0 Å². The molecule has 0 spiro atoms. The van der Waals surface area contributed by atoms with Crippen LogP contribution in [-0.4, -0.2) is 17.7 Å². The third-order valence-electron chi connectivity index (χ3n) is 3.24. The maximum Gasteiger partial charge on any atom is 0.312 e. The number of carboxylic acids is 1. The van der Waals surface area contributed by atoms with E-state index in [9.17, 15) is 4.79 Å². The van der Waals surface area contributed by atoms with E-state index in [1.165, 1.54) is 5.56 Å². The summed E-state index contributed by atoms with van der Waals surface area (Å²) in [4.78, 5) is 10.9. The van der Waals surface area contributed by atoms with Gasteiger partial charge >= 0.3 is 5.97 Å². The topological polar surface area (TPSA) is 46.5 Å². The summed E-state index contributed by atoms with van der Waals surface area (Å²) in [5.74, 6) is 0.407. The van der Waals surface area contributed by atoms with Gasteiger partial charge < -0.3 is 9.84 Å². The van der Waals surface area contributed by atoms with Crippen molar-refractivity contribution in [3.8, 4) is 5.75 Å². The zero-order valence-corrected chi connectivity index (χ0v) is 11.6. The van der Waals surface area contributed by atoms with Crippen LogP contribution >= 0.6 is 0 Å². The Morgan fingerprint density at radius 2 is 1.89 bits per heavy atom. The van der Waals surface area contributed by atoms with Gasteiger partial charge in [0.2, 0.25) is 0 Å². The molecule has 0 aliphatic carbocycles. The molecule has 0 radical (unpaired) electrons. The van der Waals surface area contributed by atoms with Crippen molar-refractivity contribution in [2.24, 2.45) is 5.41 Å². The van der Waals surface area contributed by atoms with Crippen molar-refractivity contribution in [3.63, 3.8) is 0 Å². The predicted molar refractivity (Wildman–Crippen MR) is 72.1 cm³/mol. The number of rotatable bonds is 6. The summed E-state index contributed by atoms with van der Waals surface area (Å²) in [6.45, 7) is 7.82. The number of hydrogen-bond donors (Lipinski definition) is 1. The molecule has 1 aromatic rings. The second-order valence-corrected chi connectivity index (χ2v) is 5.36. The van der Waals surface area contributed by atoms with Gasteiger partial charge in [-0.05, 0) is 43.9 Å². The lowest BCUT2D eigenvalue weighted by atomic mass is 9.95. The van der Waals surface area contributed by atoms with Crippen LogP contribution in [-0.2, 0) is 4.79 Å². The van der Waals surface area contributed by atoms with Crippen LogP contribution in [0.15, 0.2) is 24.3 Å². The van der Waals surface area contributed by atoms with Crippen LogP contribution in [0.5, 0.6) is 5.75 Å². The van der Waals surface area contributed by atoms with Crippen molar-refractivity contribution in [3.05, 3.63) is 29.8 Å². The smallest absolute Gasteiger partial charge is 0.312 e. The summed E-state index contributed by atoms with van der Waals surface area (Å²) in [7, 11) is 0. The first kappa shape index (κ1) is 14.6. The highest BCUT2D eigenvalue weighted by atomic mass is 16.5. The van der Waals surface area contributed by atoms with Gasteiger partial charge in [0.05, 0.1) is 5.41 Å². The van der Waals surface area contributed by atoms with Crippen LogP contribution in [0.1, 0.15) is 45.6 Å².